The maximum absolute atomic E-state index is 8.88. The molecule has 0 saturated carbocycles. The largest absolute Gasteiger partial charge is 0.395 e. The standard InChI is InChI=1S/C8H14ClN5O/c1-2-14(3-4-15)7-6(9)5-11-8(12-7)13-10/h5,15H,2-4,10H2,1H3,(H,11,12,13). The van der Waals surface area contributed by atoms with Crippen molar-refractivity contribution in [1.29, 1.82) is 0 Å². The van der Waals surface area contributed by atoms with Crippen LogP contribution in [0.4, 0.5) is 11.8 Å². The summed E-state index contributed by atoms with van der Waals surface area (Å²) in [7, 11) is 0. The van der Waals surface area contributed by atoms with Gasteiger partial charge in [-0.15, -0.1) is 0 Å². The SMILES string of the molecule is CCN(CCO)c1nc(NN)ncc1Cl. The molecule has 0 unspecified atom stereocenters. The molecule has 0 spiro atoms. The zero-order valence-electron chi connectivity index (χ0n) is 8.44. The number of hydrazine groups is 1. The van der Waals surface area contributed by atoms with Crippen LogP contribution in [0.3, 0.4) is 0 Å². The minimum atomic E-state index is 0.0412. The molecule has 1 aromatic rings. The summed E-state index contributed by atoms with van der Waals surface area (Å²) in [6, 6.07) is 0. The summed E-state index contributed by atoms with van der Waals surface area (Å²) in [4.78, 5) is 9.82. The number of aliphatic hydroxyl groups is 1. The lowest BCUT2D eigenvalue weighted by molar-refractivity contribution is 0.302. The molecule has 7 heteroatoms. The van der Waals surface area contributed by atoms with Gasteiger partial charge in [0.05, 0.1) is 12.8 Å². The van der Waals surface area contributed by atoms with E-state index in [9.17, 15) is 0 Å². The summed E-state index contributed by atoms with van der Waals surface area (Å²) >= 11 is 5.95. The van der Waals surface area contributed by atoms with Gasteiger partial charge in [-0.1, -0.05) is 11.6 Å². The average molecular weight is 232 g/mol. The highest BCUT2D eigenvalue weighted by Crippen LogP contribution is 2.22. The molecule has 0 fully saturated rings. The maximum atomic E-state index is 8.88. The fourth-order valence-electron chi connectivity index (χ4n) is 1.18. The number of aromatic nitrogens is 2. The number of nitrogens with zero attached hydrogens (tertiary/aromatic N) is 3. The van der Waals surface area contributed by atoms with E-state index in [4.69, 9.17) is 22.6 Å². The molecule has 0 atom stereocenters. The second-order valence-corrected chi connectivity index (χ2v) is 3.22. The molecule has 0 aliphatic carbocycles. The zero-order valence-corrected chi connectivity index (χ0v) is 9.20. The molecular weight excluding hydrogens is 218 g/mol. The highest BCUT2D eigenvalue weighted by molar-refractivity contribution is 6.32. The van der Waals surface area contributed by atoms with E-state index in [0.717, 1.165) is 0 Å². The molecule has 4 N–H and O–H groups in total. The average Bonchev–Trinajstić information content (AvgIpc) is 2.27. The Hall–Kier alpha value is -1.11. The Labute approximate surface area is 93.0 Å². The third-order valence-electron chi connectivity index (χ3n) is 1.91. The number of nitrogens with two attached hydrogens (primary N) is 1. The van der Waals surface area contributed by atoms with Gasteiger partial charge in [0.1, 0.15) is 5.02 Å². The lowest BCUT2D eigenvalue weighted by Gasteiger charge is -2.21. The Morgan fingerprint density at radius 1 is 1.67 bits per heavy atom. The number of aliphatic hydroxyl groups excluding tert-OH is 1. The predicted molar refractivity (Wildman–Crippen MR) is 59.8 cm³/mol. The quantitative estimate of drug-likeness (QED) is 0.497. The van der Waals surface area contributed by atoms with E-state index in [2.05, 4.69) is 15.4 Å². The van der Waals surface area contributed by atoms with E-state index in [1.807, 2.05) is 11.8 Å². The minimum absolute atomic E-state index is 0.0412. The second-order valence-electron chi connectivity index (χ2n) is 2.81. The molecule has 0 aliphatic heterocycles. The molecule has 0 aliphatic rings. The first-order valence-corrected chi connectivity index (χ1v) is 4.95. The number of hydrogen-bond donors (Lipinski definition) is 3. The molecule has 1 rings (SSSR count). The number of nitrogens with one attached hydrogen (secondary N) is 1. The van der Waals surface area contributed by atoms with E-state index >= 15 is 0 Å². The molecule has 0 aromatic carbocycles. The van der Waals surface area contributed by atoms with E-state index in [0.29, 0.717) is 29.9 Å². The molecule has 84 valence electrons. The van der Waals surface area contributed by atoms with Crippen molar-refractivity contribution in [1.82, 2.24) is 9.97 Å². The van der Waals surface area contributed by atoms with Crippen LogP contribution in [0.1, 0.15) is 6.92 Å². The van der Waals surface area contributed by atoms with E-state index in [1.165, 1.54) is 6.20 Å². The lowest BCUT2D eigenvalue weighted by atomic mass is 10.4. The monoisotopic (exact) mass is 231 g/mol. The Morgan fingerprint density at radius 3 is 2.93 bits per heavy atom. The third kappa shape index (κ3) is 2.92. The maximum Gasteiger partial charge on any atom is 0.239 e. The number of rotatable bonds is 5. The van der Waals surface area contributed by atoms with Crippen molar-refractivity contribution in [2.75, 3.05) is 30.0 Å². The first kappa shape index (κ1) is 12.0. The Balaban J connectivity index is 2.98. The second kappa shape index (κ2) is 5.69. The van der Waals surface area contributed by atoms with Crippen molar-refractivity contribution in [2.45, 2.75) is 6.92 Å². The number of anilines is 2. The minimum Gasteiger partial charge on any atom is -0.395 e. The fraction of sp³-hybridized carbons (Fsp3) is 0.500. The van der Waals surface area contributed by atoms with Crippen LogP contribution in [0.2, 0.25) is 5.02 Å². The van der Waals surface area contributed by atoms with Gasteiger partial charge in [0.15, 0.2) is 5.82 Å². The third-order valence-corrected chi connectivity index (χ3v) is 2.17. The van der Waals surface area contributed by atoms with Gasteiger partial charge in [0, 0.05) is 13.1 Å². The Morgan fingerprint density at radius 2 is 2.40 bits per heavy atom. The van der Waals surface area contributed by atoms with Crippen LogP contribution in [-0.4, -0.2) is 34.8 Å². The van der Waals surface area contributed by atoms with Crippen LogP contribution in [0.5, 0.6) is 0 Å². The smallest absolute Gasteiger partial charge is 0.239 e. The molecule has 6 nitrogen and oxygen atoms in total. The first-order chi connectivity index (χ1) is 7.22. The lowest BCUT2D eigenvalue weighted by Crippen LogP contribution is -2.28. The zero-order chi connectivity index (χ0) is 11.3. The topological polar surface area (TPSA) is 87.3 Å². The van der Waals surface area contributed by atoms with Crippen LogP contribution in [0.15, 0.2) is 6.20 Å². The van der Waals surface area contributed by atoms with Crippen molar-refractivity contribution >= 4 is 23.4 Å². The molecular formula is C8H14ClN5O. The molecule has 0 saturated heterocycles. The highest BCUT2D eigenvalue weighted by atomic mass is 35.5. The van der Waals surface area contributed by atoms with Crippen molar-refractivity contribution < 1.29 is 5.11 Å². The van der Waals surface area contributed by atoms with Crippen LogP contribution >= 0.6 is 11.6 Å². The summed E-state index contributed by atoms with van der Waals surface area (Å²) in [5, 5.41) is 9.31. The van der Waals surface area contributed by atoms with Crippen molar-refractivity contribution in [3.8, 4) is 0 Å². The summed E-state index contributed by atoms with van der Waals surface area (Å²) in [5.74, 6) is 6.06. The molecule has 0 bridgehead atoms. The normalized spacial score (nSPS) is 10.1. The molecule has 15 heavy (non-hydrogen) atoms. The number of halogens is 1. The summed E-state index contributed by atoms with van der Waals surface area (Å²) < 4.78 is 0. The van der Waals surface area contributed by atoms with E-state index in [-0.39, 0.29) is 6.61 Å². The fourth-order valence-corrected chi connectivity index (χ4v) is 1.39. The summed E-state index contributed by atoms with van der Waals surface area (Å²) in [6.07, 6.45) is 1.47. The summed E-state index contributed by atoms with van der Waals surface area (Å²) in [5.41, 5.74) is 2.35. The Bertz CT molecular complexity index is 322. The molecule has 0 amide bonds. The van der Waals surface area contributed by atoms with Crippen LogP contribution < -0.4 is 16.2 Å². The van der Waals surface area contributed by atoms with Gasteiger partial charge in [-0.05, 0) is 6.92 Å². The summed E-state index contributed by atoms with van der Waals surface area (Å²) in [6.45, 7) is 3.15. The molecule has 1 heterocycles. The van der Waals surface area contributed by atoms with Crippen molar-refractivity contribution in [2.24, 2.45) is 5.84 Å². The van der Waals surface area contributed by atoms with Gasteiger partial charge in [-0.3, -0.25) is 5.43 Å². The van der Waals surface area contributed by atoms with Gasteiger partial charge >= 0.3 is 0 Å². The van der Waals surface area contributed by atoms with Gasteiger partial charge in [-0.2, -0.15) is 4.98 Å². The van der Waals surface area contributed by atoms with Gasteiger partial charge in [-0.25, -0.2) is 10.8 Å². The number of nitrogen functional groups attached to an aromatic ring is 1. The van der Waals surface area contributed by atoms with E-state index < -0.39 is 0 Å². The first-order valence-electron chi connectivity index (χ1n) is 4.57. The molecule has 1 aromatic heterocycles. The van der Waals surface area contributed by atoms with Gasteiger partial charge in [0.25, 0.3) is 0 Å². The highest BCUT2D eigenvalue weighted by Gasteiger charge is 2.11. The van der Waals surface area contributed by atoms with Gasteiger partial charge < -0.3 is 10.0 Å². The van der Waals surface area contributed by atoms with E-state index in [1.54, 1.807) is 0 Å². The van der Waals surface area contributed by atoms with Gasteiger partial charge in [0.2, 0.25) is 5.95 Å². The number of hydrogen-bond acceptors (Lipinski definition) is 6. The van der Waals surface area contributed by atoms with Crippen LogP contribution in [0, 0.1) is 0 Å². The van der Waals surface area contributed by atoms with Crippen LogP contribution in [-0.2, 0) is 0 Å². The number of likely N-dealkylation sites (N-methyl/N-ethyl adjacent to an activating group) is 1. The van der Waals surface area contributed by atoms with Crippen molar-refractivity contribution in [3.63, 3.8) is 0 Å². The predicted octanol–water partition coefficient (Wildman–Crippen LogP) is 0.234. The van der Waals surface area contributed by atoms with Crippen molar-refractivity contribution in [3.05, 3.63) is 11.2 Å². The molecule has 0 radical (unpaired) electrons. The Kier molecular flexibility index (Phi) is 4.54. The van der Waals surface area contributed by atoms with Crippen LogP contribution in [0.25, 0.3) is 0 Å².